The highest BCUT2D eigenvalue weighted by atomic mass is 79.9. The Bertz CT molecular complexity index is 1170. The highest BCUT2D eigenvalue weighted by Crippen LogP contribution is 2.33. The standard InChI is InChI=1S/C22H21BrN6OS2/c1-29(11-10-24-20(30)15-6-3-2-4-7-15)14-31-18-12-16(23)13-26-19(18)28-22-27-17-8-5-9-25-21(17)32-22/h2-9,12-13H,10-11,14H2,1H3,(H,24,30)(H,26,27,28). The average molecular weight is 529 g/mol. The third-order valence-electron chi connectivity index (χ3n) is 4.47. The summed E-state index contributed by atoms with van der Waals surface area (Å²) in [4.78, 5) is 29.7. The van der Waals surface area contributed by atoms with E-state index in [2.05, 4.69) is 46.4 Å². The van der Waals surface area contributed by atoms with Crippen LogP contribution in [0.25, 0.3) is 10.3 Å². The van der Waals surface area contributed by atoms with Crippen LogP contribution in [0.2, 0.25) is 0 Å². The number of likely N-dealkylation sites (N-methyl/N-ethyl adjacent to an activating group) is 1. The van der Waals surface area contributed by atoms with Crippen LogP contribution in [0.4, 0.5) is 10.9 Å². The number of rotatable bonds is 9. The van der Waals surface area contributed by atoms with Crippen molar-refractivity contribution in [2.24, 2.45) is 0 Å². The van der Waals surface area contributed by atoms with E-state index in [4.69, 9.17) is 0 Å². The Balaban J connectivity index is 1.32. The molecule has 0 radical (unpaired) electrons. The van der Waals surface area contributed by atoms with Gasteiger partial charge in [-0.1, -0.05) is 29.5 Å². The number of thiazole rings is 1. The molecule has 0 bridgehead atoms. The molecule has 3 aromatic heterocycles. The summed E-state index contributed by atoms with van der Waals surface area (Å²) >= 11 is 6.68. The van der Waals surface area contributed by atoms with Crippen molar-refractivity contribution in [2.75, 3.05) is 31.3 Å². The number of hydrogen-bond acceptors (Lipinski definition) is 8. The van der Waals surface area contributed by atoms with Crippen LogP contribution < -0.4 is 10.6 Å². The van der Waals surface area contributed by atoms with Crippen molar-refractivity contribution in [3.05, 3.63) is 71.0 Å². The summed E-state index contributed by atoms with van der Waals surface area (Å²) in [5.41, 5.74) is 1.54. The van der Waals surface area contributed by atoms with Crippen LogP contribution >= 0.6 is 39.0 Å². The molecule has 3 heterocycles. The Morgan fingerprint density at radius 2 is 2.03 bits per heavy atom. The van der Waals surface area contributed by atoms with Crippen molar-refractivity contribution in [3.8, 4) is 0 Å². The monoisotopic (exact) mass is 528 g/mol. The van der Waals surface area contributed by atoms with Crippen molar-refractivity contribution in [2.45, 2.75) is 4.90 Å². The van der Waals surface area contributed by atoms with E-state index >= 15 is 0 Å². The highest BCUT2D eigenvalue weighted by Gasteiger charge is 2.11. The van der Waals surface area contributed by atoms with Gasteiger partial charge in [0.1, 0.15) is 16.2 Å². The molecule has 0 aliphatic rings. The molecule has 1 aromatic carbocycles. The summed E-state index contributed by atoms with van der Waals surface area (Å²) in [6.45, 7) is 1.31. The molecule has 32 heavy (non-hydrogen) atoms. The van der Waals surface area contributed by atoms with E-state index in [0.29, 0.717) is 12.1 Å². The third-order valence-corrected chi connectivity index (χ3v) is 6.99. The van der Waals surface area contributed by atoms with E-state index < -0.39 is 0 Å². The van der Waals surface area contributed by atoms with Gasteiger partial charge in [-0.3, -0.25) is 9.69 Å². The first-order valence-electron chi connectivity index (χ1n) is 9.87. The first-order chi connectivity index (χ1) is 15.6. The molecule has 0 unspecified atom stereocenters. The molecule has 7 nitrogen and oxygen atoms in total. The molecular formula is C22H21BrN6OS2. The number of nitrogens with zero attached hydrogens (tertiary/aromatic N) is 4. The molecule has 164 valence electrons. The predicted octanol–water partition coefficient (Wildman–Crippen LogP) is 5.00. The van der Waals surface area contributed by atoms with E-state index in [1.807, 2.05) is 55.6 Å². The number of hydrogen-bond donors (Lipinski definition) is 2. The SMILES string of the molecule is CN(CCNC(=O)c1ccccc1)CSc1cc(Br)cnc1Nc1nc2cccnc2s1. The maximum absolute atomic E-state index is 12.2. The van der Waals surface area contributed by atoms with Gasteiger partial charge in [0.15, 0.2) is 5.13 Å². The van der Waals surface area contributed by atoms with Crippen LogP contribution in [0.1, 0.15) is 10.4 Å². The van der Waals surface area contributed by atoms with Crippen molar-refractivity contribution >= 4 is 66.2 Å². The fraction of sp³-hybridized carbons (Fsp3) is 0.182. The molecule has 0 aliphatic carbocycles. The lowest BCUT2D eigenvalue weighted by atomic mass is 10.2. The number of pyridine rings is 2. The number of aromatic nitrogens is 3. The predicted molar refractivity (Wildman–Crippen MR) is 135 cm³/mol. The number of anilines is 2. The molecule has 0 atom stereocenters. The van der Waals surface area contributed by atoms with Crippen LogP contribution in [-0.4, -0.2) is 51.8 Å². The van der Waals surface area contributed by atoms with Gasteiger partial charge in [-0.2, -0.15) is 0 Å². The lowest BCUT2D eigenvalue weighted by molar-refractivity contribution is 0.0951. The molecule has 0 fully saturated rings. The molecule has 4 rings (SSSR count). The first kappa shape index (κ1) is 22.7. The number of halogens is 1. The van der Waals surface area contributed by atoms with Gasteiger partial charge >= 0.3 is 0 Å². The van der Waals surface area contributed by atoms with E-state index in [1.54, 1.807) is 24.2 Å². The largest absolute Gasteiger partial charge is 0.351 e. The van der Waals surface area contributed by atoms with E-state index in [0.717, 1.165) is 43.1 Å². The minimum Gasteiger partial charge on any atom is -0.351 e. The number of fused-ring (bicyclic) bond motifs is 1. The molecule has 0 saturated heterocycles. The first-order valence-corrected chi connectivity index (χ1v) is 12.5. The normalized spacial score (nSPS) is 11.1. The molecular weight excluding hydrogens is 508 g/mol. The second kappa shape index (κ2) is 10.9. The Morgan fingerprint density at radius 1 is 1.19 bits per heavy atom. The number of carbonyl (C=O) groups excluding carboxylic acids is 1. The van der Waals surface area contributed by atoms with Gasteiger partial charge in [0.2, 0.25) is 0 Å². The van der Waals surface area contributed by atoms with E-state index in [9.17, 15) is 4.79 Å². The minimum absolute atomic E-state index is 0.0559. The van der Waals surface area contributed by atoms with Crippen molar-refractivity contribution in [1.82, 2.24) is 25.2 Å². The third kappa shape index (κ3) is 6.04. The number of benzene rings is 1. The maximum Gasteiger partial charge on any atom is 0.251 e. The molecule has 1 amide bonds. The summed E-state index contributed by atoms with van der Waals surface area (Å²) in [5, 5.41) is 7.04. The Morgan fingerprint density at radius 3 is 2.84 bits per heavy atom. The molecule has 0 spiro atoms. The van der Waals surface area contributed by atoms with Gasteiger partial charge in [0.05, 0.1) is 4.90 Å². The zero-order chi connectivity index (χ0) is 22.3. The van der Waals surface area contributed by atoms with Gasteiger partial charge in [0.25, 0.3) is 5.91 Å². The van der Waals surface area contributed by atoms with Crippen LogP contribution in [0, 0.1) is 0 Å². The number of amides is 1. The summed E-state index contributed by atoms with van der Waals surface area (Å²) in [6, 6.07) is 15.1. The lowest BCUT2D eigenvalue weighted by Gasteiger charge is -2.17. The second-order valence-electron chi connectivity index (χ2n) is 6.95. The maximum atomic E-state index is 12.2. The van der Waals surface area contributed by atoms with Gasteiger partial charge in [-0.15, -0.1) is 11.8 Å². The Hall–Kier alpha value is -2.53. The minimum atomic E-state index is -0.0559. The Kier molecular flexibility index (Phi) is 7.69. The van der Waals surface area contributed by atoms with Crippen molar-refractivity contribution in [3.63, 3.8) is 0 Å². The molecule has 4 aromatic rings. The fourth-order valence-corrected chi connectivity index (χ4v) is 5.07. The second-order valence-corrected chi connectivity index (χ2v) is 9.83. The summed E-state index contributed by atoms with van der Waals surface area (Å²) in [7, 11) is 2.03. The topological polar surface area (TPSA) is 83.0 Å². The summed E-state index contributed by atoms with van der Waals surface area (Å²) in [5.74, 6) is 1.44. The lowest BCUT2D eigenvalue weighted by Crippen LogP contribution is -2.32. The number of thioether (sulfide) groups is 1. The molecule has 0 saturated carbocycles. The highest BCUT2D eigenvalue weighted by molar-refractivity contribution is 9.10. The smallest absolute Gasteiger partial charge is 0.251 e. The summed E-state index contributed by atoms with van der Waals surface area (Å²) in [6.07, 6.45) is 3.53. The fourth-order valence-electron chi connectivity index (χ4n) is 2.85. The average Bonchev–Trinajstić information content (AvgIpc) is 3.22. The van der Waals surface area contributed by atoms with Gasteiger partial charge in [-0.05, 0) is 53.3 Å². The molecule has 2 N–H and O–H groups in total. The Labute approximate surface area is 202 Å². The van der Waals surface area contributed by atoms with Gasteiger partial charge in [0, 0.05) is 41.4 Å². The van der Waals surface area contributed by atoms with Crippen LogP contribution in [0.5, 0.6) is 0 Å². The molecule has 10 heteroatoms. The van der Waals surface area contributed by atoms with Crippen molar-refractivity contribution < 1.29 is 4.79 Å². The zero-order valence-electron chi connectivity index (χ0n) is 17.3. The van der Waals surface area contributed by atoms with Gasteiger partial charge < -0.3 is 10.6 Å². The summed E-state index contributed by atoms with van der Waals surface area (Å²) < 4.78 is 0.911. The quantitative estimate of drug-likeness (QED) is 0.233. The van der Waals surface area contributed by atoms with Crippen molar-refractivity contribution in [1.29, 1.82) is 0 Å². The van der Waals surface area contributed by atoms with Crippen LogP contribution in [0.15, 0.2) is 70.3 Å². The molecule has 0 aliphatic heterocycles. The van der Waals surface area contributed by atoms with E-state index in [1.165, 1.54) is 11.3 Å². The number of carbonyl (C=O) groups is 1. The zero-order valence-corrected chi connectivity index (χ0v) is 20.5. The van der Waals surface area contributed by atoms with E-state index in [-0.39, 0.29) is 5.91 Å². The van der Waals surface area contributed by atoms with Gasteiger partial charge in [-0.25, -0.2) is 15.0 Å². The van der Waals surface area contributed by atoms with Crippen LogP contribution in [0.3, 0.4) is 0 Å². The number of nitrogens with one attached hydrogen (secondary N) is 2. The van der Waals surface area contributed by atoms with Crippen LogP contribution in [-0.2, 0) is 0 Å².